The summed E-state index contributed by atoms with van der Waals surface area (Å²) in [5, 5.41) is 3.22. The van der Waals surface area contributed by atoms with Gasteiger partial charge in [0.1, 0.15) is 11.5 Å². The summed E-state index contributed by atoms with van der Waals surface area (Å²) >= 11 is 0. The number of alkyl halides is 2. The molecule has 0 unspecified atom stereocenters. The lowest BCUT2D eigenvalue weighted by Crippen LogP contribution is -2.12. The van der Waals surface area contributed by atoms with Gasteiger partial charge in [-0.25, -0.2) is 0 Å². The molecule has 19 heavy (non-hydrogen) atoms. The predicted molar refractivity (Wildman–Crippen MR) is 67.1 cm³/mol. The van der Waals surface area contributed by atoms with Gasteiger partial charge in [-0.3, -0.25) is 0 Å². The molecular weight excluding hydrogens is 252 g/mol. The van der Waals surface area contributed by atoms with Crippen molar-refractivity contribution in [2.75, 3.05) is 0 Å². The lowest BCUT2D eigenvalue weighted by molar-refractivity contribution is -0.0498. The van der Waals surface area contributed by atoms with Crippen LogP contribution in [0.2, 0.25) is 0 Å². The van der Waals surface area contributed by atoms with Crippen LogP contribution < -0.4 is 10.1 Å². The van der Waals surface area contributed by atoms with Gasteiger partial charge in [0.25, 0.3) is 0 Å². The van der Waals surface area contributed by atoms with Crippen LogP contribution in [-0.2, 0) is 13.1 Å². The van der Waals surface area contributed by atoms with E-state index in [2.05, 4.69) is 10.1 Å². The summed E-state index contributed by atoms with van der Waals surface area (Å²) in [4.78, 5) is 0. The van der Waals surface area contributed by atoms with Gasteiger partial charge < -0.3 is 14.5 Å². The minimum atomic E-state index is -2.79. The summed E-state index contributed by atoms with van der Waals surface area (Å²) in [5.41, 5.74) is 2.10. The van der Waals surface area contributed by atoms with E-state index in [0.717, 1.165) is 16.9 Å². The molecule has 0 aliphatic carbocycles. The molecule has 5 heteroatoms. The molecule has 1 N–H and O–H groups in total. The van der Waals surface area contributed by atoms with E-state index < -0.39 is 6.61 Å². The number of hydrogen-bond acceptors (Lipinski definition) is 3. The minimum absolute atomic E-state index is 0.167. The van der Waals surface area contributed by atoms with Crippen LogP contribution in [0.1, 0.15) is 16.9 Å². The van der Waals surface area contributed by atoms with Crippen LogP contribution in [0, 0.1) is 6.92 Å². The maximum absolute atomic E-state index is 12.0. The normalized spacial score (nSPS) is 10.9. The number of rotatable bonds is 6. The van der Waals surface area contributed by atoms with E-state index in [4.69, 9.17) is 4.42 Å². The molecule has 0 aliphatic heterocycles. The van der Waals surface area contributed by atoms with E-state index in [-0.39, 0.29) is 5.75 Å². The second kappa shape index (κ2) is 6.33. The van der Waals surface area contributed by atoms with Crippen LogP contribution in [0.4, 0.5) is 8.78 Å². The van der Waals surface area contributed by atoms with E-state index in [1.165, 1.54) is 12.1 Å². The molecule has 1 aromatic carbocycles. The van der Waals surface area contributed by atoms with E-state index in [1.807, 2.05) is 13.0 Å². The van der Waals surface area contributed by atoms with Crippen molar-refractivity contribution >= 4 is 0 Å². The molecule has 0 saturated heterocycles. The van der Waals surface area contributed by atoms with Crippen molar-refractivity contribution in [1.29, 1.82) is 0 Å². The van der Waals surface area contributed by atoms with E-state index in [0.29, 0.717) is 13.1 Å². The molecule has 3 nitrogen and oxygen atoms in total. The highest BCUT2D eigenvalue weighted by Gasteiger charge is 2.04. The van der Waals surface area contributed by atoms with Gasteiger partial charge in [0.05, 0.1) is 12.8 Å². The molecule has 102 valence electrons. The maximum Gasteiger partial charge on any atom is 0.387 e. The molecule has 0 fully saturated rings. The number of nitrogens with one attached hydrogen (secondary N) is 1. The first-order chi connectivity index (χ1) is 9.15. The Hall–Kier alpha value is -1.88. The highest BCUT2D eigenvalue weighted by Crippen LogP contribution is 2.15. The summed E-state index contributed by atoms with van der Waals surface area (Å²) in [5.74, 6) is 1.07. The second-order valence-electron chi connectivity index (χ2n) is 4.15. The van der Waals surface area contributed by atoms with Gasteiger partial charge in [-0.2, -0.15) is 8.78 Å². The Morgan fingerprint density at radius 3 is 2.47 bits per heavy atom. The molecule has 0 spiro atoms. The first-order valence-corrected chi connectivity index (χ1v) is 5.92. The molecule has 0 atom stereocenters. The summed E-state index contributed by atoms with van der Waals surface area (Å²) in [6.07, 6.45) is 1.66. The minimum Gasteiger partial charge on any atom is -0.468 e. The fourth-order valence-electron chi connectivity index (χ4n) is 1.69. The van der Waals surface area contributed by atoms with Crippen LogP contribution in [0.3, 0.4) is 0 Å². The van der Waals surface area contributed by atoms with Crippen LogP contribution in [-0.4, -0.2) is 6.61 Å². The highest BCUT2D eigenvalue weighted by molar-refractivity contribution is 5.27. The van der Waals surface area contributed by atoms with Crippen molar-refractivity contribution in [1.82, 2.24) is 5.32 Å². The molecule has 2 aromatic rings. The Kier molecular flexibility index (Phi) is 4.52. The smallest absolute Gasteiger partial charge is 0.387 e. The van der Waals surface area contributed by atoms with Crippen molar-refractivity contribution in [2.45, 2.75) is 26.6 Å². The highest BCUT2D eigenvalue weighted by atomic mass is 19.3. The van der Waals surface area contributed by atoms with E-state index in [9.17, 15) is 8.78 Å². The first-order valence-electron chi connectivity index (χ1n) is 5.92. The molecule has 1 aromatic heterocycles. The SMILES string of the molecule is Cc1ccoc1CNCc1ccc(OC(F)F)cc1. The zero-order chi connectivity index (χ0) is 13.7. The number of halogens is 2. The van der Waals surface area contributed by atoms with Gasteiger partial charge >= 0.3 is 6.61 Å². The fourth-order valence-corrected chi connectivity index (χ4v) is 1.69. The number of ether oxygens (including phenoxy) is 1. The third-order valence-electron chi connectivity index (χ3n) is 2.73. The maximum atomic E-state index is 12.0. The molecule has 1 heterocycles. The van der Waals surface area contributed by atoms with Crippen molar-refractivity contribution in [3.05, 3.63) is 53.5 Å². The number of furan rings is 1. The van der Waals surface area contributed by atoms with Gasteiger partial charge in [-0.05, 0) is 36.2 Å². The summed E-state index contributed by atoms with van der Waals surface area (Å²) < 4.78 is 33.5. The molecule has 0 radical (unpaired) electrons. The predicted octanol–water partition coefficient (Wildman–Crippen LogP) is 3.48. The van der Waals surface area contributed by atoms with Gasteiger partial charge in [0.2, 0.25) is 0 Å². The summed E-state index contributed by atoms with van der Waals surface area (Å²) in [6, 6.07) is 8.47. The summed E-state index contributed by atoms with van der Waals surface area (Å²) in [6.45, 7) is 0.464. The van der Waals surface area contributed by atoms with Crippen LogP contribution >= 0.6 is 0 Å². The largest absolute Gasteiger partial charge is 0.468 e. The number of hydrogen-bond donors (Lipinski definition) is 1. The molecule has 0 bridgehead atoms. The summed E-state index contributed by atoms with van der Waals surface area (Å²) in [7, 11) is 0. The Balaban J connectivity index is 1.81. The molecule has 2 rings (SSSR count). The molecule has 0 saturated carbocycles. The number of aryl methyl sites for hydroxylation is 1. The van der Waals surface area contributed by atoms with Gasteiger partial charge in [-0.1, -0.05) is 12.1 Å². The topological polar surface area (TPSA) is 34.4 Å². The zero-order valence-electron chi connectivity index (χ0n) is 10.5. The Labute approximate surface area is 110 Å². The molecule has 0 aliphatic rings. The van der Waals surface area contributed by atoms with E-state index in [1.54, 1.807) is 18.4 Å². The second-order valence-corrected chi connectivity index (χ2v) is 4.15. The average molecular weight is 267 g/mol. The Morgan fingerprint density at radius 2 is 1.89 bits per heavy atom. The third kappa shape index (κ3) is 4.06. The van der Waals surface area contributed by atoms with Crippen LogP contribution in [0.25, 0.3) is 0 Å². The van der Waals surface area contributed by atoms with Crippen LogP contribution in [0.5, 0.6) is 5.75 Å². The lowest BCUT2D eigenvalue weighted by atomic mass is 10.2. The van der Waals surface area contributed by atoms with Crippen LogP contribution in [0.15, 0.2) is 41.0 Å². The average Bonchev–Trinajstić information content (AvgIpc) is 2.77. The zero-order valence-corrected chi connectivity index (χ0v) is 10.5. The Bertz CT molecular complexity index is 508. The fraction of sp³-hybridized carbons (Fsp3) is 0.286. The van der Waals surface area contributed by atoms with Crippen molar-refractivity contribution in [2.24, 2.45) is 0 Å². The monoisotopic (exact) mass is 267 g/mol. The molecular formula is C14H15F2NO2. The quantitative estimate of drug-likeness (QED) is 0.870. The lowest BCUT2D eigenvalue weighted by Gasteiger charge is -2.06. The van der Waals surface area contributed by atoms with Crippen molar-refractivity contribution in [3.63, 3.8) is 0 Å². The third-order valence-corrected chi connectivity index (χ3v) is 2.73. The Morgan fingerprint density at radius 1 is 1.16 bits per heavy atom. The van der Waals surface area contributed by atoms with Crippen molar-refractivity contribution in [3.8, 4) is 5.75 Å². The van der Waals surface area contributed by atoms with Gasteiger partial charge in [-0.15, -0.1) is 0 Å². The van der Waals surface area contributed by atoms with Gasteiger partial charge in [0, 0.05) is 6.54 Å². The van der Waals surface area contributed by atoms with Gasteiger partial charge in [0.15, 0.2) is 0 Å². The number of benzene rings is 1. The van der Waals surface area contributed by atoms with Crippen molar-refractivity contribution < 1.29 is 17.9 Å². The molecule has 0 amide bonds. The van der Waals surface area contributed by atoms with E-state index >= 15 is 0 Å². The first kappa shape index (κ1) is 13.5. The standard InChI is InChI=1S/C14H15F2NO2/c1-10-6-7-18-13(10)9-17-8-11-2-4-12(5-3-11)19-14(15)16/h2-7,14,17H,8-9H2,1H3.